The van der Waals surface area contributed by atoms with Crippen LogP contribution in [0.5, 0.6) is 0 Å². The Morgan fingerprint density at radius 2 is 1.94 bits per heavy atom. The Labute approximate surface area is 111 Å². The lowest BCUT2D eigenvalue weighted by Gasteiger charge is -2.04. The second-order valence-electron chi connectivity index (χ2n) is 3.58. The van der Waals surface area contributed by atoms with E-state index in [1.165, 1.54) is 0 Å². The summed E-state index contributed by atoms with van der Waals surface area (Å²) in [4.78, 5) is 8.77. The van der Waals surface area contributed by atoms with E-state index in [1.54, 1.807) is 6.20 Å². The van der Waals surface area contributed by atoms with Gasteiger partial charge in [0.1, 0.15) is 10.3 Å². The number of hydrogen-bond acceptors (Lipinski definition) is 2. The average Bonchev–Trinajstić information content (AvgIpc) is 2.77. The molecular weight excluding hydrogens is 302 g/mol. The van der Waals surface area contributed by atoms with Crippen molar-refractivity contribution in [2.24, 2.45) is 0 Å². The van der Waals surface area contributed by atoms with Crippen LogP contribution in [0.15, 0.2) is 47.5 Å². The van der Waals surface area contributed by atoms with Crippen LogP contribution in [-0.2, 0) is 0 Å². The van der Waals surface area contributed by atoms with E-state index in [9.17, 15) is 0 Å². The van der Waals surface area contributed by atoms with Crippen molar-refractivity contribution in [2.45, 2.75) is 0 Å². The van der Waals surface area contributed by atoms with Crippen molar-refractivity contribution in [3.8, 4) is 11.3 Å². The molecule has 0 fully saturated rings. The van der Waals surface area contributed by atoms with Gasteiger partial charge in [0.25, 0.3) is 0 Å². The predicted octanol–water partition coefficient (Wildman–Crippen LogP) is 3.81. The highest BCUT2D eigenvalue weighted by molar-refractivity contribution is 9.10. The number of halogens is 2. The lowest BCUT2D eigenvalue weighted by atomic mass is 10.1. The first-order valence-corrected chi connectivity index (χ1v) is 6.16. The Morgan fingerprint density at radius 3 is 2.71 bits per heavy atom. The molecule has 3 aromatic rings. The van der Waals surface area contributed by atoms with Gasteiger partial charge in [0.15, 0.2) is 5.65 Å². The maximum absolute atomic E-state index is 5.88. The summed E-state index contributed by atoms with van der Waals surface area (Å²) in [5.74, 6) is 0. The molecule has 0 bridgehead atoms. The highest BCUT2D eigenvalue weighted by Crippen LogP contribution is 2.24. The van der Waals surface area contributed by atoms with Gasteiger partial charge in [-0.05, 0) is 28.1 Å². The third-order valence-corrected chi connectivity index (χ3v) is 3.10. The first-order valence-electron chi connectivity index (χ1n) is 4.99. The summed E-state index contributed by atoms with van der Waals surface area (Å²) in [7, 11) is 0. The molecule has 2 aromatic heterocycles. The maximum atomic E-state index is 5.88. The molecule has 0 aliphatic rings. The number of hydrogen-bond donors (Lipinski definition) is 0. The Hall–Kier alpha value is -1.39. The predicted molar refractivity (Wildman–Crippen MR) is 71.1 cm³/mol. The largest absolute Gasteiger partial charge is 0.303 e. The fourth-order valence-corrected chi connectivity index (χ4v) is 2.23. The third-order valence-electron chi connectivity index (χ3n) is 2.46. The van der Waals surface area contributed by atoms with Gasteiger partial charge in [-0.1, -0.05) is 23.7 Å². The molecule has 1 aromatic carbocycles. The van der Waals surface area contributed by atoms with Crippen molar-refractivity contribution < 1.29 is 0 Å². The van der Waals surface area contributed by atoms with Gasteiger partial charge in [-0.25, -0.2) is 9.97 Å². The number of fused-ring (bicyclic) bond motifs is 1. The molecule has 17 heavy (non-hydrogen) atoms. The monoisotopic (exact) mass is 307 g/mol. The van der Waals surface area contributed by atoms with Crippen LogP contribution in [0.3, 0.4) is 0 Å². The standard InChI is InChI=1S/C12H7BrClN3/c13-10-7-17-6-5-15-12(17)11(16-10)8-1-3-9(14)4-2-8/h1-7H. The zero-order chi connectivity index (χ0) is 11.8. The molecule has 5 heteroatoms. The molecule has 3 nitrogen and oxygen atoms in total. The zero-order valence-electron chi connectivity index (χ0n) is 8.64. The van der Waals surface area contributed by atoms with Crippen LogP contribution in [0.4, 0.5) is 0 Å². The summed E-state index contributed by atoms with van der Waals surface area (Å²) < 4.78 is 2.70. The topological polar surface area (TPSA) is 30.2 Å². The molecule has 0 aliphatic heterocycles. The minimum Gasteiger partial charge on any atom is -0.303 e. The van der Waals surface area contributed by atoms with Crippen LogP contribution >= 0.6 is 27.5 Å². The molecule has 2 heterocycles. The maximum Gasteiger partial charge on any atom is 0.163 e. The Bertz CT molecular complexity index is 676. The molecule has 84 valence electrons. The molecule has 0 saturated heterocycles. The summed E-state index contributed by atoms with van der Waals surface area (Å²) in [5.41, 5.74) is 2.66. The van der Waals surface area contributed by atoms with Crippen molar-refractivity contribution in [2.75, 3.05) is 0 Å². The molecule has 0 atom stereocenters. The number of imidazole rings is 1. The van der Waals surface area contributed by atoms with Crippen molar-refractivity contribution in [1.82, 2.24) is 14.4 Å². The average molecular weight is 309 g/mol. The van der Waals surface area contributed by atoms with Crippen LogP contribution in [-0.4, -0.2) is 14.4 Å². The van der Waals surface area contributed by atoms with Gasteiger partial charge in [-0.15, -0.1) is 0 Å². The second-order valence-corrected chi connectivity index (χ2v) is 4.83. The van der Waals surface area contributed by atoms with E-state index in [4.69, 9.17) is 11.6 Å². The number of benzene rings is 1. The number of rotatable bonds is 1. The first-order chi connectivity index (χ1) is 8.24. The summed E-state index contributed by atoms with van der Waals surface area (Å²) in [6.45, 7) is 0. The smallest absolute Gasteiger partial charge is 0.163 e. The summed E-state index contributed by atoms with van der Waals surface area (Å²) in [5, 5.41) is 0.711. The lowest BCUT2D eigenvalue weighted by molar-refractivity contribution is 1.11. The minimum atomic E-state index is 0.711. The SMILES string of the molecule is Clc1ccc(-c2nc(Br)cn3ccnc23)cc1. The second kappa shape index (κ2) is 4.13. The fraction of sp³-hybridized carbons (Fsp3) is 0. The van der Waals surface area contributed by atoms with E-state index in [0.29, 0.717) is 5.02 Å². The molecular formula is C12H7BrClN3. The molecule has 0 N–H and O–H groups in total. The molecule has 0 unspecified atom stereocenters. The van der Waals surface area contributed by atoms with E-state index in [2.05, 4.69) is 25.9 Å². The molecule has 0 aliphatic carbocycles. The number of aromatic nitrogens is 3. The van der Waals surface area contributed by atoms with Crippen LogP contribution < -0.4 is 0 Å². The van der Waals surface area contributed by atoms with Crippen molar-refractivity contribution in [1.29, 1.82) is 0 Å². The van der Waals surface area contributed by atoms with Crippen LogP contribution in [0.2, 0.25) is 5.02 Å². The van der Waals surface area contributed by atoms with Crippen LogP contribution in [0.25, 0.3) is 16.9 Å². The highest BCUT2D eigenvalue weighted by Gasteiger charge is 2.08. The third kappa shape index (κ3) is 1.94. The van der Waals surface area contributed by atoms with E-state index < -0.39 is 0 Å². The Kier molecular flexibility index (Phi) is 2.61. The van der Waals surface area contributed by atoms with Gasteiger partial charge in [0.05, 0.1) is 0 Å². The minimum absolute atomic E-state index is 0.711. The Balaban J connectivity index is 2.28. The quantitative estimate of drug-likeness (QED) is 0.684. The van der Waals surface area contributed by atoms with Gasteiger partial charge >= 0.3 is 0 Å². The van der Waals surface area contributed by atoms with Gasteiger partial charge in [-0.2, -0.15) is 0 Å². The van der Waals surface area contributed by atoms with E-state index >= 15 is 0 Å². The molecule has 3 rings (SSSR count). The van der Waals surface area contributed by atoms with Crippen molar-refractivity contribution in [3.63, 3.8) is 0 Å². The number of nitrogens with zero attached hydrogens (tertiary/aromatic N) is 3. The summed E-state index contributed by atoms with van der Waals surface area (Å²) >= 11 is 9.27. The van der Waals surface area contributed by atoms with Crippen molar-refractivity contribution >= 4 is 33.2 Å². The summed E-state index contributed by atoms with van der Waals surface area (Å²) in [6, 6.07) is 7.56. The van der Waals surface area contributed by atoms with Gasteiger partial charge in [-0.3, -0.25) is 0 Å². The zero-order valence-corrected chi connectivity index (χ0v) is 11.0. The van der Waals surface area contributed by atoms with Gasteiger partial charge in [0, 0.05) is 29.2 Å². The van der Waals surface area contributed by atoms with Gasteiger partial charge in [0.2, 0.25) is 0 Å². The molecule has 0 saturated carbocycles. The molecule has 0 spiro atoms. The van der Waals surface area contributed by atoms with E-state index in [0.717, 1.165) is 21.5 Å². The van der Waals surface area contributed by atoms with Gasteiger partial charge < -0.3 is 4.40 Å². The molecule has 0 amide bonds. The Morgan fingerprint density at radius 1 is 1.18 bits per heavy atom. The first kappa shape index (κ1) is 10.7. The normalized spacial score (nSPS) is 10.9. The van der Waals surface area contributed by atoms with Crippen molar-refractivity contribution in [3.05, 3.63) is 52.5 Å². The fourth-order valence-electron chi connectivity index (χ4n) is 1.70. The van der Waals surface area contributed by atoms with E-state index in [1.807, 2.05) is 41.1 Å². The molecule has 0 radical (unpaired) electrons. The lowest BCUT2D eigenvalue weighted by Crippen LogP contribution is -1.92. The highest BCUT2D eigenvalue weighted by atomic mass is 79.9. The van der Waals surface area contributed by atoms with Crippen LogP contribution in [0.1, 0.15) is 0 Å². The summed E-state index contributed by atoms with van der Waals surface area (Å²) in [6.07, 6.45) is 5.52. The van der Waals surface area contributed by atoms with Crippen LogP contribution in [0, 0.1) is 0 Å². The van der Waals surface area contributed by atoms with E-state index in [-0.39, 0.29) is 0 Å².